The molecule has 24 heavy (non-hydrogen) atoms. The molecular weight excluding hydrogens is 376 g/mol. The molecule has 0 fully saturated rings. The molecule has 1 atom stereocenters. The fourth-order valence-electron chi connectivity index (χ4n) is 2.47. The molecule has 0 aliphatic carbocycles. The third-order valence-corrected chi connectivity index (χ3v) is 4.48. The summed E-state index contributed by atoms with van der Waals surface area (Å²) in [5.41, 5.74) is 2.21. The van der Waals surface area contributed by atoms with Crippen LogP contribution in [-0.4, -0.2) is 24.1 Å². The van der Waals surface area contributed by atoms with E-state index in [1.165, 1.54) is 0 Å². The van der Waals surface area contributed by atoms with Crippen molar-refractivity contribution < 1.29 is 24.4 Å². The first-order chi connectivity index (χ1) is 11.6. The van der Waals surface area contributed by atoms with Gasteiger partial charge in [0.25, 0.3) is 0 Å². The minimum absolute atomic E-state index is 0.110. The Labute approximate surface area is 148 Å². The van der Waals surface area contributed by atoms with Gasteiger partial charge in [-0.2, -0.15) is 0 Å². The first-order valence-corrected chi connectivity index (χ1v) is 8.14. The highest BCUT2D eigenvalue weighted by Gasteiger charge is 2.19. The Hall–Kier alpha value is -2.02. The number of hydrogen-bond acceptors (Lipinski definition) is 5. The van der Waals surface area contributed by atoms with Gasteiger partial charge in [0, 0.05) is 10.0 Å². The van der Waals surface area contributed by atoms with Gasteiger partial charge in [0.1, 0.15) is 5.75 Å². The monoisotopic (exact) mass is 392 g/mol. The summed E-state index contributed by atoms with van der Waals surface area (Å²) < 4.78 is 16.5. The molecule has 0 bridgehead atoms. The summed E-state index contributed by atoms with van der Waals surface area (Å²) in [6.45, 7) is 0.0730. The highest BCUT2D eigenvalue weighted by atomic mass is 79.9. The van der Waals surface area contributed by atoms with Gasteiger partial charge in [-0.3, -0.25) is 0 Å². The second-order valence-corrected chi connectivity index (χ2v) is 6.11. The summed E-state index contributed by atoms with van der Waals surface area (Å²) in [4.78, 5) is 0. The van der Waals surface area contributed by atoms with Crippen LogP contribution in [-0.2, 0) is 6.61 Å². The molecule has 2 N–H and O–H groups in total. The van der Waals surface area contributed by atoms with Crippen LogP contribution in [0.2, 0.25) is 0 Å². The lowest BCUT2D eigenvalue weighted by molar-refractivity contribution is 0.173. The summed E-state index contributed by atoms with van der Waals surface area (Å²) in [5, 5.41) is 19.9. The van der Waals surface area contributed by atoms with E-state index in [9.17, 15) is 10.2 Å². The predicted octanol–water partition coefficient (Wildman–Crippen LogP) is 3.43. The zero-order chi connectivity index (χ0) is 17.1. The Morgan fingerprint density at radius 2 is 2.00 bits per heavy atom. The molecule has 0 radical (unpaired) electrons. The SMILES string of the molecule is COc1ccc(/C=C/C(O)c2cc3c(cc2Br)OCO3)c(CO)c1. The lowest BCUT2D eigenvalue weighted by Crippen LogP contribution is -1.96. The third kappa shape index (κ3) is 3.40. The first kappa shape index (κ1) is 16.8. The molecule has 3 rings (SSSR count). The number of fused-ring (bicyclic) bond motifs is 1. The van der Waals surface area contributed by atoms with Gasteiger partial charge in [-0.25, -0.2) is 0 Å². The summed E-state index contributed by atoms with van der Waals surface area (Å²) >= 11 is 3.44. The quantitative estimate of drug-likeness (QED) is 0.815. The van der Waals surface area contributed by atoms with Crippen molar-refractivity contribution in [3.63, 3.8) is 0 Å². The number of halogens is 1. The molecule has 0 amide bonds. The minimum Gasteiger partial charge on any atom is -0.497 e. The molecule has 0 spiro atoms. The van der Waals surface area contributed by atoms with Gasteiger partial charge in [-0.1, -0.05) is 34.1 Å². The van der Waals surface area contributed by atoms with E-state index in [-0.39, 0.29) is 13.4 Å². The topological polar surface area (TPSA) is 68.2 Å². The average molecular weight is 393 g/mol. The van der Waals surface area contributed by atoms with Gasteiger partial charge in [0.05, 0.1) is 19.8 Å². The number of aliphatic hydroxyl groups is 2. The number of aliphatic hydroxyl groups excluding tert-OH is 2. The molecule has 126 valence electrons. The van der Waals surface area contributed by atoms with Crippen molar-refractivity contribution in [2.24, 2.45) is 0 Å². The first-order valence-electron chi connectivity index (χ1n) is 7.35. The molecule has 1 heterocycles. The fourth-order valence-corrected chi connectivity index (χ4v) is 3.02. The lowest BCUT2D eigenvalue weighted by atomic mass is 10.0. The summed E-state index contributed by atoms with van der Waals surface area (Å²) in [7, 11) is 1.58. The Balaban J connectivity index is 1.84. The second-order valence-electron chi connectivity index (χ2n) is 5.25. The minimum atomic E-state index is -0.831. The van der Waals surface area contributed by atoms with Crippen LogP contribution in [0.1, 0.15) is 22.8 Å². The van der Waals surface area contributed by atoms with Gasteiger partial charge in [0.2, 0.25) is 6.79 Å². The largest absolute Gasteiger partial charge is 0.497 e. The van der Waals surface area contributed by atoms with Crippen LogP contribution in [0.4, 0.5) is 0 Å². The van der Waals surface area contributed by atoms with Crippen LogP contribution >= 0.6 is 15.9 Å². The van der Waals surface area contributed by atoms with E-state index < -0.39 is 6.10 Å². The van der Waals surface area contributed by atoms with E-state index >= 15 is 0 Å². The average Bonchev–Trinajstić information content (AvgIpc) is 3.05. The number of rotatable bonds is 5. The summed E-state index contributed by atoms with van der Waals surface area (Å²) in [6.07, 6.45) is 2.60. The number of hydrogen-bond donors (Lipinski definition) is 2. The Morgan fingerprint density at radius 3 is 2.71 bits per heavy atom. The van der Waals surface area contributed by atoms with Gasteiger partial charge in [0.15, 0.2) is 11.5 Å². The van der Waals surface area contributed by atoms with E-state index in [2.05, 4.69) is 15.9 Å². The van der Waals surface area contributed by atoms with Crippen molar-refractivity contribution in [3.8, 4) is 17.2 Å². The van der Waals surface area contributed by atoms with Crippen molar-refractivity contribution >= 4 is 22.0 Å². The molecule has 0 saturated carbocycles. The maximum Gasteiger partial charge on any atom is 0.231 e. The van der Waals surface area contributed by atoms with E-state index in [1.807, 2.05) is 12.1 Å². The van der Waals surface area contributed by atoms with E-state index in [4.69, 9.17) is 14.2 Å². The molecule has 1 aliphatic heterocycles. The fraction of sp³-hybridized carbons (Fsp3) is 0.222. The Morgan fingerprint density at radius 1 is 1.25 bits per heavy atom. The molecule has 0 saturated heterocycles. The molecule has 6 heteroatoms. The van der Waals surface area contributed by atoms with Crippen LogP contribution in [0, 0.1) is 0 Å². The summed E-state index contributed by atoms with van der Waals surface area (Å²) in [5.74, 6) is 1.94. The van der Waals surface area contributed by atoms with Crippen LogP contribution in [0.3, 0.4) is 0 Å². The molecule has 1 aliphatic rings. The van der Waals surface area contributed by atoms with E-state index in [0.717, 1.165) is 15.6 Å². The lowest BCUT2D eigenvalue weighted by Gasteiger charge is -2.11. The van der Waals surface area contributed by atoms with Crippen molar-refractivity contribution in [1.29, 1.82) is 0 Å². The normalized spacial score (nSPS) is 14.2. The Kier molecular flexibility index (Phi) is 5.08. The molecule has 0 aromatic heterocycles. The van der Waals surface area contributed by atoms with Crippen LogP contribution < -0.4 is 14.2 Å². The standard InChI is InChI=1S/C18H17BrO5/c1-22-13-4-2-11(12(6-13)9-20)3-5-16(21)14-7-17-18(8-15(14)19)24-10-23-17/h2-8,16,20-21H,9-10H2,1H3/b5-3+. The number of methoxy groups -OCH3 is 1. The molecule has 5 nitrogen and oxygen atoms in total. The van der Waals surface area contributed by atoms with Crippen molar-refractivity contribution in [1.82, 2.24) is 0 Å². The highest BCUT2D eigenvalue weighted by molar-refractivity contribution is 9.10. The molecular formula is C18H17BrO5. The van der Waals surface area contributed by atoms with Crippen molar-refractivity contribution in [2.75, 3.05) is 13.9 Å². The second kappa shape index (κ2) is 7.25. The van der Waals surface area contributed by atoms with E-state index in [1.54, 1.807) is 37.5 Å². The van der Waals surface area contributed by atoms with E-state index in [0.29, 0.717) is 22.8 Å². The van der Waals surface area contributed by atoms with Gasteiger partial charge < -0.3 is 24.4 Å². The van der Waals surface area contributed by atoms with Crippen molar-refractivity contribution in [3.05, 3.63) is 57.6 Å². The van der Waals surface area contributed by atoms with Crippen LogP contribution in [0.5, 0.6) is 17.2 Å². The zero-order valence-electron chi connectivity index (χ0n) is 13.0. The van der Waals surface area contributed by atoms with Gasteiger partial charge in [-0.05, 0) is 35.4 Å². The summed E-state index contributed by atoms with van der Waals surface area (Å²) in [6, 6.07) is 8.94. The molecule has 2 aromatic carbocycles. The predicted molar refractivity (Wildman–Crippen MR) is 93.2 cm³/mol. The van der Waals surface area contributed by atoms with Crippen molar-refractivity contribution in [2.45, 2.75) is 12.7 Å². The maximum absolute atomic E-state index is 10.5. The number of benzene rings is 2. The zero-order valence-corrected chi connectivity index (χ0v) is 14.6. The maximum atomic E-state index is 10.5. The molecule has 1 unspecified atom stereocenters. The smallest absolute Gasteiger partial charge is 0.231 e. The van der Waals surface area contributed by atoms with Gasteiger partial charge >= 0.3 is 0 Å². The third-order valence-electron chi connectivity index (χ3n) is 3.79. The molecule has 2 aromatic rings. The van der Waals surface area contributed by atoms with Crippen LogP contribution in [0.15, 0.2) is 40.9 Å². The van der Waals surface area contributed by atoms with Crippen LogP contribution in [0.25, 0.3) is 6.08 Å². The Bertz CT molecular complexity index is 772. The highest BCUT2D eigenvalue weighted by Crippen LogP contribution is 2.39. The van der Waals surface area contributed by atoms with Gasteiger partial charge in [-0.15, -0.1) is 0 Å². The number of ether oxygens (including phenoxy) is 3.